The third kappa shape index (κ3) is 2.78. The number of nitrogen functional groups attached to an aromatic ring is 1. The number of benzene rings is 1. The van der Waals surface area contributed by atoms with Crippen LogP contribution in [0.15, 0.2) is 12.6 Å². The molecule has 3 N–H and O–H groups in total. The maximum absolute atomic E-state index is 6.16. The minimum atomic E-state index is 0.133. The van der Waals surface area contributed by atoms with Crippen molar-refractivity contribution in [1.29, 1.82) is 0 Å². The van der Waals surface area contributed by atoms with Crippen molar-refractivity contribution in [2.45, 2.75) is 18.9 Å². The highest BCUT2D eigenvalue weighted by molar-refractivity contribution is 5.82. The molecule has 1 atom stereocenters. The van der Waals surface area contributed by atoms with E-state index in [0.29, 0.717) is 48.5 Å². The fourth-order valence-corrected chi connectivity index (χ4v) is 2.70. The average molecular weight is 306 g/mol. The monoisotopic (exact) mass is 306 g/mol. The Bertz CT molecular complexity index is 568. The molecule has 0 radical (unpaired) electrons. The summed E-state index contributed by atoms with van der Waals surface area (Å²) in [6.45, 7) is 6.21. The van der Waals surface area contributed by atoms with E-state index in [9.17, 15) is 0 Å². The molecule has 6 heteroatoms. The van der Waals surface area contributed by atoms with Gasteiger partial charge in [0.25, 0.3) is 0 Å². The van der Waals surface area contributed by atoms with Gasteiger partial charge in [-0.1, -0.05) is 6.58 Å². The molecule has 1 aromatic carbocycles. The molecule has 0 spiro atoms. The number of fused-ring (bicyclic) bond motifs is 1. The number of rotatable bonds is 5. The van der Waals surface area contributed by atoms with Crippen molar-refractivity contribution in [1.82, 2.24) is 5.32 Å². The number of ether oxygens (including phenoxy) is 4. The second kappa shape index (κ2) is 6.36. The summed E-state index contributed by atoms with van der Waals surface area (Å²) in [5.74, 6) is 1.77. The largest absolute Gasteiger partial charge is 0.487 e. The third-order valence-corrected chi connectivity index (χ3v) is 3.86. The molecule has 120 valence electrons. The van der Waals surface area contributed by atoms with Crippen molar-refractivity contribution < 1.29 is 18.9 Å². The summed E-state index contributed by atoms with van der Waals surface area (Å²) < 4.78 is 23.0. The lowest BCUT2D eigenvalue weighted by molar-refractivity contribution is 0.0652. The first-order valence-electron chi connectivity index (χ1n) is 7.54. The molecular weight excluding hydrogens is 284 g/mol. The van der Waals surface area contributed by atoms with Crippen LogP contribution >= 0.6 is 0 Å². The maximum atomic E-state index is 6.16. The molecule has 2 heterocycles. The van der Waals surface area contributed by atoms with E-state index in [4.69, 9.17) is 24.7 Å². The molecule has 1 aromatic rings. The van der Waals surface area contributed by atoms with Crippen LogP contribution in [0, 0.1) is 0 Å². The van der Waals surface area contributed by atoms with Gasteiger partial charge in [-0.3, -0.25) is 0 Å². The molecule has 1 unspecified atom stereocenters. The van der Waals surface area contributed by atoms with Gasteiger partial charge in [-0.25, -0.2) is 0 Å². The Labute approximate surface area is 130 Å². The minimum absolute atomic E-state index is 0.133. The molecule has 2 aliphatic heterocycles. The highest BCUT2D eigenvalue weighted by atomic mass is 16.6. The van der Waals surface area contributed by atoms with Crippen LogP contribution in [0.25, 0.3) is 5.70 Å². The second-order valence-corrected chi connectivity index (χ2v) is 5.37. The number of nitrogens with one attached hydrogen (secondary N) is 1. The summed E-state index contributed by atoms with van der Waals surface area (Å²) in [5.41, 5.74) is 8.11. The standard InChI is InChI=1S/C16H22N2O4/c1-10(18-2)14-12(17)8-13(15-16(14)21-7-6-20-15)22-9-11-4-3-5-19-11/h8,11,18H,1,3-7,9,17H2,2H3. The second-order valence-electron chi connectivity index (χ2n) is 5.37. The molecule has 0 saturated carbocycles. The van der Waals surface area contributed by atoms with Crippen LogP contribution in [-0.2, 0) is 4.74 Å². The molecule has 1 saturated heterocycles. The SMILES string of the molecule is C=C(NC)c1c(N)cc(OCC2CCCO2)c2c1OCCO2. The Morgan fingerprint density at radius 1 is 1.36 bits per heavy atom. The lowest BCUT2D eigenvalue weighted by Crippen LogP contribution is -2.21. The van der Waals surface area contributed by atoms with E-state index in [-0.39, 0.29) is 6.10 Å². The van der Waals surface area contributed by atoms with Gasteiger partial charge in [0.2, 0.25) is 5.75 Å². The van der Waals surface area contributed by atoms with Crippen LogP contribution in [-0.4, -0.2) is 39.6 Å². The Hall–Kier alpha value is -2.08. The predicted octanol–water partition coefficient (Wildman–Crippen LogP) is 1.79. The fourth-order valence-electron chi connectivity index (χ4n) is 2.70. The van der Waals surface area contributed by atoms with Gasteiger partial charge in [0.15, 0.2) is 11.5 Å². The van der Waals surface area contributed by atoms with Gasteiger partial charge < -0.3 is 30.0 Å². The van der Waals surface area contributed by atoms with E-state index >= 15 is 0 Å². The lowest BCUT2D eigenvalue weighted by atomic mass is 10.1. The van der Waals surface area contributed by atoms with E-state index in [2.05, 4.69) is 11.9 Å². The summed E-state index contributed by atoms with van der Waals surface area (Å²) >= 11 is 0. The molecule has 0 amide bonds. The van der Waals surface area contributed by atoms with E-state index in [1.54, 1.807) is 13.1 Å². The van der Waals surface area contributed by atoms with Crippen LogP contribution in [0.4, 0.5) is 5.69 Å². The first-order chi connectivity index (χ1) is 10.7. The van der Waals surface area contributed by atoms with Crippen molar-refractivity contribution in [2.24, 2.45) is 0 Å². The van der Waals surface area contributed by atoms with Gasteiger partial charge in [0, 0.05) is 31.1 Å². The van der Waals surface area contributed by atoms with Gasteiger partial charge in [-0.05, 0) is 12.8 Å². The van der Waals surface area contributed by atoms with E-state index < -0.39 is 0 Å². The zero-order valence-electron chi connectivity index (χ0n) is 12.8. The van der Waals surface area contributed by atoms with Crippen molar-refractivity contribution in [3.05, 3.63) is 18.2 Å². The third-order valence-electron chi connectivity index (χ3n) is 3.86. The number of hydrogen-bond acceptors (Lipinski definition) is 6. The number of hydrogen-bond donors (Lipinski definition) is 2. The zero-order chi connectivity index (χ0) is 15.5. The predicted molar refractivity (Wildman–Crippen MR) is 84.4 cm³/mol. The maximum Gasteiger partial charge on any atom is 0.204 e. The quantitative estimate of drug-likeness (QED) is 0.808. The molecule has 0 bridgehead atoms. The van der Waals surface area contributed by atoms with Crippen LogP contribution in [0.2, 0.25) is 0 Å². The molecule has 3 rings (SSSR count). The fraction of sp³-hybridized carbons (Fsp3) is 0.500. The van der Waals surface area contributed by atoms with Crippen LogP contribution in [0.1, 0.15) is 18.4 Å². The Morgan fingerprint density at radius 3 is 2.82 bits per heavy atom. The first-order valence-corrected chi connectivity index (χ1v) is 7.54. The van der Waals surface area contributed by atoms with Crippen LogP contribution in [0.3, 0.4) is 0 Å². The highest BCUT2D eigenvalue weighted by Crippen LogP contribution is 2.47. The molecule has 1 fully saturated rings. The Morgan fingerprint density at radius 2 is 2.14 bits per heavy atom. The van der Waals surface area contributed by atoms with Gasteiger partial charge in [0.05, 0.1) is 11.7 Å². The normalized spacial score (nSPS) is 19.8. The Kier molecular flexibility index (Phi) is 4.29. The highest BCUT2D eigenvalue weighted by Gasteiger charge is 2.26. The molecule has 2 aliphatic rings. The molecule has 0 aromatic heterocycles. The number of anilines is 1. The van der Waals surface area contributed by atoms with Crippen molar-refractivity contribution in [3.8, 4) is 17.2 Å². The van der Waals surface area contributed by atoms with E-state index in [1.165, 1.54) is 0 Å². The zero-order valence-corrected chi connectivity index (χ0v) is 12.8. The van der Waals surface area contributed by atoms with E-state index in [1.807, 2.05) is 0 Å². The first kappa shape index (κ1) is 14.8. The number of nitrogens with two attached hydrogens (primary N) is 1. The van der Waals surface area contributed by atoms with Crippen LogP contribution in [0.5, 0.6) is 17.2 Å². The van der Waals surface area contributed by atoms with Gasteiger partial charge >= 0.3 is 0 Å². The summed E-state index contributed by atoms with van der Waals surface area (Å²) in [7, 11) is 1.79. The topological polar surface area (TPSA) is 75.0 Å². The van der Waals surface area contributed by atoms with Crippen molar-refractivity contribution >= 4 is 11.4 Å². The summed E-state index contributed by atoms with van der Waals surface area (Å²) in [6.07, 6.45) is 2.23. The lowest BCUT2D eigenvalue weighted by Gasteiger charge is -2.25. The molecular formula is C16H22N2O4. The summed E-state index contributed by atoms with van der Waals surface area (Å²) in [5, 5.41) is 3.00. The molecule has 22 heavy (non-hydrogen) atoms. The minimum Gasteiger partial charge on any atom is -0.487 e. The van der Waals surface area contributed by atoms with Gasteiger partial charge in [-0.2, -0.15) is 0 Å². The van der Waals surface area contributed by atoms with E-state index in [0.717, 1.165) is 25.0 Å². The molecule has 0 aliphatic carbocycles. The van der Waals surface area contributed by atoms with Crippen molar-refractivity contribution in [2.75, 3.05) is 39.2 Å². The Balaban J connectivity index is 1.89. The average Bonchev–Trinajstić information content (AvgIpc) is 3.05. The van der Waals surface area contributed by atoms with Gasteiger partial charge in [-0.15, -0.1) is 0 Å². The summed E-state index contributed by atoms with van der Waals surface area (Å²) in [4.78, 5) is 0. The smallest absolute Gasteiger partial charge is 0.204 e. The van der Waals surface area contributed by atoms with Crippen LogP contribution < -0.4 is 25.3 Å². The molecule has 6 nitrogen and oxygen atoms in total. The van der Waals surface area contributed by atoms with Crippen molar-refractivity contribution in [3.63, 3.8) is 0 Å². The summed E-state index contributed by atoms with van der Waals surface area (Å²) in [6, 6.07) is 1.76. The van der Waals surface area contributed by atoms with Gasteiger partial charge in [0.1, 0.15) is 19.8 Å².